The molecule has 3 rings (SSSR count). The summed E-state index contributed by atoms with van der Waals surface area (Å²) in [6.07, 6.45) is 6.45. The van der Waals surface area contributed by atoms with Crippen molar-refractivity contribution in [3.8, 4) is 0 Å². The van der Waals surface area contributed by atoms with Crippen LogP contribution in [0.5, 0.6) is 0 Å². The predicted molar refractivity (Wildman–Crippen MR) is 94.1 cm³/mol. The fourth-order valence-electron chi connectivity index (χ4n) is 3.03. The number of imidazole rings is 1. The van der Waals surface area contributed by atoms with Crippen LogP contribution in [-0.4, -0.2) is 20.8 Å². The summed E-state index contributed by atoms with van der Waals surface area (Å²) in [6, 6.07) is 6.13. The van der Waals surface area contributed by atoms with Crippen LogP contribution in [0.1, 0.15) is 56.3 Å². The summed E-state index contributed by atoms with van der Waals surface area (Å²) >= 11 is 4.76. The number of H-pyrrole nitrogens is 1. The van der Waals surface area contributed by atoms with E-state index in [1.807, 2.05) is 19.1 Å². The minimum atomic E-state index is 0.168. The molecular weight excluding hydrogens is 294 g/mol. The molecule has 116 valence electrons. The Balaban J connectivity index is 1.86. The topological polar surface area (TPSA) is 79.1 Å². The highest BCUT2D eigenvalue weighted by molar-refractivity contribution is 7.80. The molecule has 5 nitrogen and oxygen atoms in total. The summed E-state index contributed by atoms with van der Waals surface area (Å²) in [7, 11) is 0. The zero-order chi connectivity index (χ0) is 15.5. The number of nitrogens with two attached hydrogens (primary N) is 1. The number of rotatable bonds is 3. The Kier molecular flexibility index (Phi) is 4.38. The number of benzene rings is 1. The first-order chi connectivity index (χ1) is 10.6. The van der Waals surface area contributed by atoms with Crippen LogP contribution in [0.4, 0.5) is 0 Å². The van der Waals surface area contributed by atoms with Crippen molar-refractivity contribution in [1.82, 2.24) is 15.4 Å². The molecule has 0 saturated heterocycles. The van der Waals surface area contributed by atoms with Crippen LogP contribution in [-0.2, 0) is 0 Å². The lowest BCUT2D eigenvalue weighted by atomic mass is 9.89. The molecule has 0 amide bonds. The Morgan fingerprint density at radius 2 is 2.14 bits per heavy atom. The Labute approximate surface area is 135 Å². The van der Waals surface area contributed by atoms with Gasteiger partial charge in [0.25, 0.3) is 0 Å². The normalized spacial score (nSPS) is 16.9. The number of hydrogen-bond acceptors (Lipinski definition) is 3. The van der Waals surface area contributed by atoms with Crippen molar-refractivity contribution in [2.75, 3.05) is 0 Å². The molecule has 1 aromatic carbocycles. The number of hydrazone groups is 1. The molecule has 0 atom stereocenters. The van der Waals surface area contributed by atoms with Gasteiger partial charge in [-0.1, -0.05) is 25.3 Å². The van der Waals surface area contributed by atoms with Crippen LogP contribution in [0.2, 0.25) is 0 Å². The second-order valence-corrected chi connectivity index (χ2v) is 6.30. The molecule has 0 aliphatic heterocycles. The van der Waals surface area contributed by atoms with Gasteiger partial charge in [0.2, 0.25) is 0 Å². The van der Waals surface area contributed by atoms with Gasteiger partial charge in [-0.25, -0.2) is 4.98 Å². The van der Waals surface area contributed by atoms with E-state index in [1.165, 1.54) is 32.1 Å². The van der Waals surface area contributed by atoms with E-state index in [4.69, 9.17) is 22.9 Å². The van der Waals surface area contributed by atoms with E-state index in [0.717, 1.165) is 28.1 Å². The van der Waals surface area contributed by atoms with Crippen molar-refractivity contribution >= 4 is 34.1 Å². The van der Waals surface area contributed by atoms with Gasteiger partial charge in [-0.15, -0.1) is 0 Å². The number of hydrogen-bond donors (Lipinski definition) is 3. The van der Waals surface area contributed by atoms with Gasteiger partial charge in [0.15, 0.2) is 5.11 Å². The smallest absolute Gasteiger partial charge is 0.184 e. The molecule has 0 unspecified atom stereocenters. The summed E-state index contributed by atoms with van der Waals surface area (Å²) < 4.78 is 0. The molecule has 1 heterocycles. The van der Waals surface area contributed by atoms with Crippen LogP contribution < -0.4 is 11.2 Å². The van der Waals surface area contributed by atoms with Crippen molar-refractivity contribution < 1.29 is 0 Å². The molecule has 0 bridgehead atoms. The molecule has 2 aromatic rings. The van der Waals surface area contributed by atoms with Crippen LogP contribution >= 0.6 is 12.2 Å². The number of thiocarbonyl (C=S) groups is 1. The quantitative estimate of drug-likeness (QED) is 0.462. The molecular formula is C16H21N5S. The largest absolute Gasteiger partial charge is 0.375 e. The van der Waals surface area contributed by atoms with Crippen molar-refractivity contribution in [2.45, 2.75) is 44.9 Å². The molecule has 22 heavy (non-hydrogen) atoms. The fourth-order valence-corrected chi connectivity index (χ4v) is 3.07. The molecule has 6 heteroatoms. The van der Waals surface area contributed by atoms with Crippen molar-refractivity contribution in [3.63, 3.8) is 0 Å². The van der Waals surface area contributed by atoms with Crippen molar-refractivity contribution in [2.24, 2.45) is 10.8 Å². The minimum absolute atomic E-state index is 0.168. The Hall–Kier alpha value is -1.95. The van der Waals surface area contributed by atoms with E-state index >= 15 is 0 Å². The number of nitrogens with zero attached hydrogens (tertiary/aromatic N) is 2. The summed E-state index contributed by atoms with van der Waals surface area (Å²) in [6.45, 7) is 1.92. The molecule has 0 spiro atoms. The molecule has 1 aliphatic rings. The second-order valence-electron chi connectivity index (χ2n) is 5.86. The molecule has 1 saturated carbocycles. The predicted octanol–water partition coefficient (Wildman–Crippen LogP) is 3.17. The average molecular weight is 315 g/mol. The number of aromatic amines is 1. The van der Waals surface area contributed by atoms with Crippen LogP contribution in [0.25, 0.3) is 11.0 Å². The maximum atomic E-state index is 5.39. The molecule has 1 aliphatic carbocycles. The monoisotopic (exact) mass is 315 g/mol. The summed E-state index contributed by atoms with van der Waals surface area (Å²) in [5.41, 5.74) is 11.9. The van der Waals surface area contributed by atoms with E-state index in [2.05, 4.69) is 21.6 Å². The van der Waals surface area contributed by atoms with Gasteiger partial charge >= 0.3 is 0 Å². The van der Waals surface area contributed by atoms with Crippen LogP contribution in [0.3, 0.4) is 0 Å². The highest BCUT2D eigenvalue weighted by Gasteiger charge is 2.18. The zero-order valence-corrected chi connectivity index (χ0v) is 13.5. The third kappa shape index (κ3) is 3.27. The first-order valence-electron chi connectivity index (χ1n) is 7.73. The van der Waals surface area contributed by atoms with Crippen LogP contribution in [0, 0.1) is 0 Å². The van der Waals surface area contributed by atoms with Gasteiger partial charge in [0.1, 0.15) is 5.82 Å². The SMILES string of the molecule is C/C(=N\NC(N)=S)c1ccc2nc(C3CCCCC3)[nH]c2c1. The molecule has 1 fully saturated rings. The first-order valence-corrected chi connectivity index (χ1v) is 8.14. The van der Waals surface area contributed by atoms with E-state index in [9.17, 15) is 0 Å². The fraction of sp³-hybridized carbons (Fsp3) is 0.438. The van der Waals surface area contributed by atoms with E-state index in [0.29, 0.717) is 5.92 Å². The van der Waals surface area contributed by atoms with Gasteiger partial charge in [-0.3, -0.25) is 5.43 Å². The van der Waals surface area contributed by atoms with E-state index < -0.39 is 0 Å². The van der Waals surface area contributed by atoms with Crippen molar-refractivity contribution in [1.29, 1.82) is 0 Å². The highest BCUT2D eigenvalue weighted by Crippen LogP contribution is 2.32. The lowest BCUT2D eigenvalue weighted by Crippen LogP contribution is -2.25. The standard InChI is InChI=1S/C16H21N5S/c1-10(20-21-16(17)22)12-7-8-13-14(9-12)19-15(18-13)11-5-3-2-4-6-11/h7-9,11H,2-6H2,1H3,(H,18,19)(H3,17,21,22)/b20-10+. The maximum absolute atomic E-state index is 5.39. The third-order valence-corrected chi connectivity index (χ3v) is 4.33. The number of aromatic nitrogens is 2. The van der Waals surface area contributed by atoms with Gasteiger partial charge in [0.05, 0.1) is 16.7 Å². The molecule has 0 radical (unpaired) electrons. The summed E-state index contributed by atoms with van der Waals surface area (Å²) in [5, 5.41) is 4.33. The minimum Gasteiger partial charge on any atom is -0.375 e. The van der Waals surface area contributed by atoms with E-state index in [1.54, 1.807) is 0 Å². The zero-order valence-electron chi connectivity index (χ0n) is 12.7. The third-order valence-electron chi connectivity index (χ3n) is 4.24. The van der Waals surface area contributed by atoms with Gasteiger partial charge < -0.3 is 10.7 Å². The number of fused-ring (bicyclic) bond motifs is 1. The van der Waals surface area contributed by atoms with Gasteiger partial charge in [0, 0.05) is 5.92 Å². The summed E-state index contributed by atoms with van der Waals surface area (Å²) in [5.74, 6) is 1.71. The number of nitrogens with one attached hydrogen (secondary N) is 2. The molecule has 4 N–H and O–H groups in total. The summed E-state index contributed by atoms with van der Waals surface area (Å²) in [4.78, 5) is 8.25. The Morgan fingerprint density at radius 3 is 2.86 bits per heavy atom. The highest BCUT2D eigenvalue weighted by atomic mass is 32.1. The van der Waals surface area contributed by atoms with Crippen molar-refractivity contribution in [3.05, 3.63) is 29.6 Å². The van der Waals surface area contributed by atoms with Gasteiger partial charge in [-0.05, 0) is 49.7 Å². The maximum Gasteiger partial charge on any atom is 0.184 e. The Bertz CT molecular complexity index is 712. The first kappa shape index (κ1) is 15.0. The van der Waals surface area contributed by atoms with Gasteiger partial charge in [-0.2, -0.15) is 5.10 Å². The molecule has 1 aromatic heterocycles. The Morgan fingerprint density at radius 1 is 1.36 bits per heavy atom. The lowest BCUT2D eigenvalue weighted by Gasteiger charge is -2.18. The average Bonchev–Trinajstić information content (AvgIpc) is 2.96. The van der Waals surface area contributed by atoms with E-state index in [-0.39, 0.29) is 5.11 Å². The lowest BCUT2D eigenvalue weighted by molar-refractivity contribution is 0.431. The van der Waals surface area contributed by atoms with Crippen LogP contribution in [0.15, 0.2) is 23.3 Å². The second kappa shape index (κ2) is 6.44.